The number of hydrogen-bond acceptors (Lipinski definition) is 3. The number of hydrogen-bond donors (Lipinski definition) is 2. The van der Waals surface area contributed by atoms with Crippen LogP contribution in [0.25, 0.3) is 0 Å². The number of aromatic nitrogens is 2. The molecule has 0 amide bonds. The number of likely N-dealkylation sites (tertiary alicyclic amines) is 1. The van der Waals surface area contributed by atoms with E-state index in [9.17, 15) is 13.2 Å². The van der Waals surface area contributed by atoms with Crippen LogP contribution in [0.4, 0.5) is 13.2 Å². The lowest BCUT2D eigenvalue weighted by Crippen LogP contribution is -2.37. The Morgan fingerprint density at radius 1 is 1.50 bits per heavy atom. The van der Waals surface area contributed by atoms with Crippen molar-refractivity contribution in [3.63, 3.8) is 0 Å². The highest BCUT2D eigenvalue weighted by atomic mass is 19.4. The Labute approximate surface area is 103 Å². The molecule has 1 fully saturated rings. The van der Waals surface area contributed by atoms with E-state index in [1.807, 2.05) is 0 Å². The van der Waals surface area contributed by atoms with Crippen LogP contribution >= 0.6 is 0 Å². The summed E-state index contributed by atoms with van der Waals surface area (Å²) < 4.78 is 37.4. The van der Waals surface area contributed by atoms with Crippen LogP contribution in [-0.4, -0.2) is 41.3 Å². The lowest BCUT2D eigenvalue weighted by atomic mass is 9.94. The molecule has 102 valence electrons. The van der Waals surface area contributed by atoms with Crippen LogP contribution in [0.5, 0.6) is 0 Å². The zero-order chi connectivity index (χ0) is 13.2. The van der Waals surface area contributed by atoms with E-state index >= 15 is 0 Å². The first kappa shape index (κ1) is 13.4. The largest absolute Gasteiger partial charge is 0.435 e. The predicted octanol–water partition coefficient (Wildman–Crippen LogP) is 1.57. The standard InChI is InChI=1S/C11H17F3N4/c12-11(13,14)10-6-9(16-17-10)8-2-1-4-18(7-8)5-3-15/h6,8H,1-5,7,15H2,(H,16,17). The van der Waals surface area contributed by atoms with E-state index in [0.717, 1.165) is 38.5 Å². The minimum absolute atomic E-state index is 0.0916. The second-order valence-electron chi connectivity index (χ2n) is 4.63. The lowest BCUT2D eigenvalue weighted by molar-refractivity contribution is -0.141. The zero-order valence-electron chi connectivity index (χ0n) is 10.0. The molecular formula is C11H17F3N4. The summed E-state index contributed by atoms with van der Waals surface area (Å²) in [5.41, 5.74) is 5.23. The number of rotatable bonds is 3. The number of nitrogens with two attached hydrogens (primary N) is 1. The molecule has 0 aromatic carbocycles. The zero-order valence-corrected chi connectivity index (χ0v) is 10.0. The summed E-state index contributed by atoms with van der Waals surface area (Å²) >= 11 is 0. The van der Waals surface area contributed by atoms with Crippen LogP contribution in [0, 0.1) is 0 Å². The van der Waals surface area contributed by atoms with Crippen molar-refractivity contribution in [3.05, 3.63) is 17.5 Å². The summed E-state index contributed by atoms with van der Waals surface area (Å²) in [6, 6.07) is 1.12. The first-order valence-electron chi connectivity index (χ1n) is 6.05. The van der Waals surface area contributed by atoms with E-state index in [1.165, 1.54) is 0 Å². The van der Waals surface area contributed by atoms with Crippen LogP contribution in [0.1, 0.15) is 30.1 Å². The molecule has 0 aliphatic carbocycles. The van der Waals surface area contributed by atoms with Gasteiger partial charge in [-0.15, -0.1) is 0 Å². The SMILES string of the molecule is NCCN1CCCC(c2cc(C(F)(F)F)n[nH]2)C1. The second-order valence-corrected chi connectivity index (χ2v) is 4.63. The third-order valence-corrected chi connectivity index (χ3v) is 3.28. The highest BCUT2D eigenvalue weighted by molar-refractivity contribution is 5.16. The van der Waals surface area contributed by atoms with Crippen LogP contribution < -0.4 is 5.73 Å². The monoisotopic (exact) mass is 262 g/mol. The Morgan fingerprint density at radius 2 is 2.28 bits per heavy atom. The summed E-state index contributed by atoms with van der Waals surface area (Å²) in [6.07, 6.45) is -2.51. The Bertz CT molecular complexity index is 386. The summed E-state index contributed by atoms with van der Waals surface area (Å²) in [7, 11) is 0. The topological polar surface area (TPSA) is 57.9 Å². The number of alkyl halides is 3. The number of H-pyrrole nitrogens is 1. The van der Waals surface area contributed by atoms with Gasteiger partial charge < -0.3 is 10.6 Å². The van der Waals surface area contributed by atoms with Gasteiger partial charge in [0.1, 0.15) is 0 Å². The van der Waals surface area contributed by atoms with E-state index in [1.54, 1.807) is 0 Å². The Morgan fingerprint density at radius 3 is 2.89 bits per heavy atom. The first-order valence-corrected chi connectivity index (χ1v) is 6.05. The third kappa shape index (κ3) is 3.02. The molecular weight excluding hydrogens is 245 g/mol. The third-order valence-electron chi connectivity index (χ3n) is 3.28. The molecule has 0 bridgehead atoms. The van der Waals surface area contributed by atoms with Crippen molar-refractivity contribution >= 4 is 0 Å². The highest BCUT2D eigenvalue weighted by Gasteiger charge is 2.35. The first-order chi connectivity index (χ1) is 8.50. The van der Waals surface area contributed by atoms with Crippen LogP contribution in [0.15, 0.2) is 6.07 Å². The Kier molecular flexibility index (Phi) is 3.91. The molecule has 18 heavy (non-hydrogen) atoms. The van der Waals surface area contributed by atoms with Crippen molar-refractivity contribution in [1.82, 2.24) is 15.1 Å². The van der Waals surface area contributed by atoms with Gasteiger partial charge in [-0.2, -0.15) is 18.3 Å². The maximum absolute atomic E-state index is 12.5. The number of aromatic amines is 1. The molecule has 1 atom stereocenters. The molecule has 4 nitrogen and oxygen atoms in total. The molecule has 1 unspecified atom stereocenters. The molecule has 3 N–H and O–H groups in total. The van der Waals surface area contributed by atoms with Gasteiger partial charge >= 0.3 is 6.18 Å². The van der Waals surface area contributed by atoms with E-state index in [2.05, 4.69) is 15.1 Å². The fraction of sp³-hybridized carbons (Fsp3) is 0.727. The van der Waals surface area contributed by atoms with E-state index < -0.39 is 11.9 Å². The Hall–Kier alpha value is -1.08. The maximum Gasteiger partial charge on any atom is 0.435 e. The van der Waals surface area contributed by atoms with Gasteiger partial charge in [0.15, 0.2) is 5.69 Å². The average Bonchev–Trinajstić information content (AvgIpc) is 2.78. The van der Waals surface area contributed by atoms with Gasteiger partial charge in [-0.3, -0.25) is 5.10 Å². The molecule has 0 saturated carbocycles. The fourth-order valence-corrected chi connectivity index (χ4v) is 2.39. The van der Waals surface area contributed by atoms with Gasteiger partial charge in [-0.1, -0.05) is 0 Å². The average molecular weight is 262 g/mol. The molecule has 1 saturated heterocycles. The molecule has 1 aromatic rings. The molecule has 0 radical (unpaired) electrons. The number of halogens is 3. The second kappa shape index (κ2) is 5.27. The highest BCUT2D eigenvalue weighted by Crippen LogP contribution is 2.31. The normalized spacial score (nSPS) is 22.3. The van der Waals surface area contributed by atoms with Gasteiger partial charge in [0, 0.05) is 31.2 Å². The fourth-order valence-electron chi connectivity index (χ4n) is 2.39. The van der Waals surface area contributed by atoms with Gasteiger partial charge in [-0.05, 0) is 25.5 Å². The molecule has 7 heteroatoms. The smallest absolute Gasteiger partial charge is 0.329 e. The van der Waals surface area contributed by atoms with Gasteiger partial charge in [0.25, 0.3) is 0 Å². The minimum atomic E-state index is -4.37. The maximum atomic E-state index is 12.5. The van der Waals surface area contributed by atoms with Crippen molar-refractivity contribution in [3.8, 4) is 0 Å². The van der Waals surface area contributed by atoms with Crippen LogP contribution in [0.2, 0.25) is 0 Å². The molecule has 0 spiro atoms. The lowest BCUT2D eigenvalue weighted by Gasteiger charge is -2.31. The van der Waals surface area contributed by atoms with Crippen LogP contribution in [-0.2, 0) is 6.18 Å². The summed E-state index contributed by atoms with van der Waals surface area (Å²) in [6.45, 7) is 3.07. The van der Waals surface area contributed by atoms with Gasteiger partial charge in [0.2, 0.25) is 0 Å². The molecule has 1 aromatic heterocycles. The van der Waals surface area contributed by atoms with Crippen molar-refractivity contribution in [2.24, 2.45) is 5.73 Å². The predicted molar refractivity (Wildman–Crippen MR) is 61.1 cm³/mol. The molecule has 2 heterocycles. The van der Waals surface area contributed by atoms with E-state index in [-0.39, 0.29) is 5.92 Å². The molecule has 1 aliphatic heterocycles. The van der Waals surface area contributed by atoms with Gasteiger partial charge in [-0.25, -0.2) is 0 Å². The Balaban J connectivity index is 2.05. The number of piperidine rings is 1. The van der Waals surface area contributed by atoms with Crippen molar-refractivity contribution in [2.75, 3.05) is 26.2 Å². The van der Waals surface area contributed by atoms with E-state index in [4.69, 9.17) is 5.73 Å². The van der Waals surface area contributed by atoms with Crippen molar-refractivity contribution < 1.29 is 13.2 Å². The summed E-state index contributed by atoms with van der Waals surface area (Å²) in [5.74, 6) is 0.0916. The van der Waals surface area contributed by atoms with Crippen molar-refractivity contribution in [1.29, 1.82) is 0 Å². The molecule has 2 rings (SSSR count). The quantitative estimate of drug-likeness (QED) is 0.869. The number of nitrogens with zero attached hydrogens (tertiary/aromatic N) is 2. The number of nitrogens with one attached hydrogen (secondary N) is 1. The van der Waals surface area contributed by atoms with Gasteiger partial charge in [0.05, 0.1) is 0 Å². The minimum Gasteiger partial charge on any atom is -0.329 e. The molecule has 1 aliphatic rings. The van der Waals surface area contributed by atoms with Crippen LogP contribution in [0.3, 0.4) is 0 Å². The summed E-state index contributed by atoms with van der Waals surface area (Å²) in [5, 5.41) is 5.86. The summed E-state index contributed by atoms with van der Waals surface area (Å²) in [4.78, 5) is 2.18. The van der Waals surface area contributed by atoms with E-state index in [0.29, 0.717) is 12.2 Å². The van der Waals surface area contributed by atoms with Crippen molar-refractivity contribution in [2.45, 2.75) is 24.9 Å².